The van der Waals surface area contributed by atoms with E-state index in [2.05, 4.69) is 5.32 Å². The number of hydrogen-bond acceptors (Lipinski definition) is 5. The number of hydrogen-bond donors (Lipinski definition) is 2. The molecule has 0 aromatic heterocycles. The number of aromatic hydroxyl groups is 1. The quantitative estimate of drug-likeness (QED) is 0.767. The van der Waals surface area contributed by atoms with Gasteiger partial charge in [0.25, 0.3) is 5.91 Å². The van der Waals surface area contributed by atoms with Crippen LogP contribution in [0.5, 0.6) is 5.75 Å². The highest BCUT2D eigenvalue weighted by Crippen LogP contribution is 2.22. The second-order valence-electron chi connectivity index (χ2n) is 4.30. The Balaban J connectivity index is 2.46. The van der Waals surface area contributed by atoms with Gasteiger partial charge in [0.15, 0.2) is 6.61 Å². The van der Waals surface area contributed by atoms with E-state index < -0.39 is 18.5 Å². The summed E-state index contributed by atoms with van der Waals surface area (Å²) in [4.78, 5) is 35.6. The SMILES string of the molecule is CN(C)C(=O)CNC(=O)COC(=O)c1ccc(Cl)cc1O. The Morgan fingerprint density at radius 3 is 2.57 bits per heavy atom. The van der Waals surface area contributed by atoms with Crippen LogP contribution < -0.4 is 5.32 Å². The summed E-state index contributed by atoms with van der Waals surface area (Å²) in [6.07, 6.45) is 0. The standard InChI is InChI=1S/C13H15ClN2O5/c1-16(2)12(19)6-15-11(18)7-21-13(20)9-4-3-8(14)5-10(9)17/h3-5,17H,6-7H2,1-2H3,(H,15,18). The van der Waals surface area contributed by atoms with Gasteiger partial charge in [-0.25, -0.2) is 4.79 Å². The van der Waals surface area contributed by atoms with Gasteiger partial charge in [0.05, 0.1) is 6.54 Å². The van der Waals surface area contributed by atoms with Crippen LogP contribution in [0.1, 0.15) is 10.4 Å². The van der Waals surface area contributed by atoms with Gasteiger partial charge in [-0.1, -0.05) is 11.6 Å². The van der Waals surface area contributed by atoms with Gasteiger partial charge in [-0.05, 0) is 18.2 Å². The van der Waals surface area contributed by atoms with E-state index in [1.807, 2.05) is 0 Å². The molecule has 21 heavy (non-hydrogen) atoms. The molecule has 1 aromatic rings. The number of benzene rings is 1. The lowest BCUT2D eigenvalue weighted by Crippen LogP contribution is -2.38. The van der Waals surface area contributed by atoms with Crippen LogP contribution in [-0.2, 0) is 14.3 Å². The number of amides is 2. The fraction of sp³-hybridized carbons (Fsp3) is 0.308. The van der Waals surface area contributed by atoms with E-state index in [1.54, 1.807) is 14.1 Å². The molecule has 0 aliphatic carbocycles. The van der Waals surface area contributed by atoms with Crippen molar-refractivity contribution in [3.05, 3.63) is 28.8 Å². The molecule has 1 aromatic carbocycles. The number of phenols is 1. The third kappa shape index (κ3) is 5.31. The summed E-state index contributed by atoms with van der Waals surface area (Å²) < 4.78 is 4.72. The molecule has 0 atom stereocenters. The van der Waals surface area contributed by atoms with Gasteiger partial charge >= 0.3 is 5.97 Å². The molecule has 7 nitrogen and oxygen atoms in total. The first kappa shape index (κ1) is 16.8. The number of rotatable bonds is 5. The lowest BCUT2D eigenvalue weighted by atomic mass is 10.2. The van der Waals surface area contributed by atoms with Crippen LogP contribution >= 0.6 is 11.6 Å². The van der Waals surface area contributed by atoms with Crippen LogP contribution in [0.15, 0.2) is 18.2 Å². The number of carbonyl (C=O) groups is 3. The first-order valence-corrected chi connectivity index (χ1v) is 6.31. The molecule has 0 aliphatic heterocycles. The van der Waals surface area contributed by atoms with Gasteiger partial charge in [-0.2, -0.15) is 0 Å². The van der Waals surface area contributed by atoms with Gasteiger partial charge in [0.2, 0.25) is 5.91 Å². The van der Waals surface area contributed by atoms with Crippen LogP contribution in [0.25, 0.3) is 0 Å². The van der Waals surface area contributed by atoms with Gasteiger partial charge in [-0.3, -0.25) is 9.59 Å². The van der Waals surface area contributed by atoms with E-state index in [0.29, 0.717) is 0 Å². The van der Waals surface area contributed by atoms with Crippen molar-refractivity contribution in [3.63, 3.8) is 0 Å². The topological polar surface area (TPSA) is 95.9 Å². The zero-order chi connectivity index (χ0) is 16.0. The fourth-order valence-electron chi connectivity index (χ4n) is 1.27. The molecule has 0 fully saturated rings. The smallest absolute Gasteiger partial charge is 0.342 e. The second kappa shape index (κ2) is 7.49. The Hall–Kier alpha value is -2.28. The summed E-state index contributed by atoms with van der Waals surface area (Å²) in [6, 6.07) is 3.88. The predicted octanol–water partition coefficient (Wildman–Crippen LogP) is 0.407. The molecule has 0 spiro atoms. The molecular weight excluding hydrogens is 300 g/mol. The molecule has 2 amide bonds. The van der Waals surface area contributed by atoms with Crippen LogP contribution in [0, 0.1) is 0 Å². The van der Waals surface area contributed by atoms with E-state index in [9.17, 15) is 19.5 Å². The molecule has 0 aliphatic rings. The summed E-state index contributed by atoms with van der Waals surface area (Å²) in [5.74, 6) is -2.11. The molecule has 0 bridgehead atoms. The third-order valence-corrected chi connectivity index (χ3v) is 2.68. The fourth-order valence-corrected chi connectivity index (χ4v) is 1.44. The maximum atomic E-state index is 11.6. The summed E-state index contributed by atoms with van der Waals surface area (Å²) in [7, 11) is 3.11. The number of carbonyl (C=O) groups excluding carboxylic acids is 3. The molecule has 0 radical (unpaired) electrons. The zero-order valence-electron chi connectivity index (χ0n) is 11.6. The zero-order valence-corrected chi connectivity index (χ0v) is 12.3. The van der Waals surface area contributed by atoms with Crippen molar-refractivity contribution < 1.29 is 24.2 Å². The van der Waals surface area contributed by atoms with Gasteiger partial charge < -0.3 is 20.1 Å². The molecule has 0 saturated heterocycles. The number of halogens is 1. The molecule has 2 N–H and O–H groups in total. The number of nitrogens with zero attached hydrogens (tertiary/aromatic N) is 1. The molecule has 0 unspecified atom stereocenters. The molecule has 0 heterocycles. The average Bonchev–Trinajstić information content (AvgIpc) is 2.41. The van der Waals surface area contributed by atoms with Crippen molar-refractivity contribution in [2.24, 2.45) is 0 Å². The van der Waals surface area contributed by atoms with Crippen molar-refractivity contribution in [2.45, 2.75) is 0 Å². The maximum absolute atomic E-state index is 11.6. The van der Waals surface area contributed by atoms with Gasteiger partial charge in [-0.15, -0.1) is 0 Å². The third-order valence-electron chi connectivity index (χ3n) is 2.45. The normalized spacial score (nSPS) is 9.86. The molecular formula is C13H15ClN2O5. The van der Waals surface area contributed by atoms with Gasteiger partial charge in [0, 0.05) is 19.1 Å². The van der Waals surface area contributed by atoms with Crippen molar-refractivity contribution in [3.8, 4) is 5.75 Å². The van der Waals surface area contributed by atoms with Crippen LogP contribution in [0.3, 0.4) is 0 Å². The molecule has 0 saturated carbocycles. The lowest BCUT2D eigenvalue weighted by molar-refractivity contribution is -0.131. The Bertz CT molecular complexity index is 559. The number of phenolic OH excluding ortho intramolecular Hbond substituents is 1. The average molecular weight is 315 g/mol. The van der Waals surface area contributed by atoms with Crippen LogP contribution in [-0.4, -0.2) is 55.0 Å². The Labute approximate surface area is 126 Å². The molecule has 8 heteroatoms. The van der Waals surface area contributed by atoms with Crippen LogP contribution in [0.4, 0.5) is 0 Å². The maximum Gasteiger partial charge on any atom is 0.342 e. The highest BCUT2D eigenvalue weighted by molar-refractivity contribution is 6.30. The first-order valence-electron chi connectivity index (χ1n) is 5.93. The first-order chi connectivity index (χ1) is 9.81. The Kier molecular flexibility index (Phi) is 5.98. The second-order valence-corrected chi connectivity index (χ2v) is 4.74. The summed E-state index contributed by atoms with van der Waals surface area (Å²) >= 11 is 5.63. The Morgan fingerprint density at radius 1 is 1.33 bits per heavy atom. The van der Waals surface area contributed by atoms with Crippen molar-refractivity contribution in [2.75, 3.05) is 27.2 Å². The highest BCUT2D eigenvalue weighted by atomic mass is 35.5. The number of ether oxygens (including phenoxy) is 1. The summed E-state index contributed by atoms with van der Waals surface area (Å²) in [6.45, 7) is -0.739. The Morgan fingerprint density at radius 2 is 2.00 bits per heavy atom. The monoisotopic (exact) mass is 314 g/mol. The lowest BCUT2D eigenvalue weighted by Gasteiger charge is -2.11. The minimum atomic E-state index is -0.863. The van der Waals surface area contributed by atoms with Crippen LogP contribution in [0.2, 0.25) is 5.02 Å². The molecule has 1 rings (SSSR count). The van der Waals surface area contributed by atoms with Crippen molar-refractivity contribution in [1.29, 1.82) is 0 Å². The summed E-state index contributed by atoms with van der Waals surface area (Å²) in [5, 5.41) is 12.1. The van der Waals surface area contributed by atoms with E-state index in [1.165, 1.54) is 23.1 Å². The number of likely N-dealkylation sites (N-methyl/N-ethyl adjacent to an activating group) is 1. The van der Waals surface area contributed by atoms with E-state index >= 15 is 0 Å². The van der Waals surface area contributed by atoms with Crippen molar-refractivity contribution >= 4 is 29.4 Å². The van der Waals surface area contributed by atoms with Crippen molar-refractivity contribution in [1.82, 2.24) is 10.2 Å². The number of esters is 1. The van der Waals surface area contributed by atoms with E-state index in [0.717, 1.165) is 0 Å². The molecule has 114 valence electrons. The van der Waals surface area contributed by atoms with E-state index in [-0.39, 0.29) is 28.8 Å². The summed E-state index contributed by atoms with van der Waals surface area (Å²) in [5.41, 5.74) is -0.100. The van der Waals surface area contributed by atoms with E-state index in [4.69, 9.17) is 16.3 Å². The predicted molar refractivity (Wildman–Crippen MR) is 75.1 cm³/mol. The van der Waals surface area contributed by atoms with Gasteiger partial charge in [0.1, 0.15) is 11.3 Å². The minimum Gasteiger partial charge on any atom is -0.507 e. The largest absolute Gasteiger partial charge is 0.507 e. The highest BCUT2D eigenvalue weighted by Gasteiger charge is 2.15. The minimum absolute atomic E-state index is 0.100. The number of nitrogens with one attached hydrogen (secondary N) is 1.